The minimum absolute atomic E-state index is 0.379. The van der Waals surface area contributed by atoms with Crippen LogP contribution in [-0.2, 0) is 19.1 Å². The summed E-state index contributed by atoms with van der Waals surface area (Å²) in [5, 5.41) is 0. The van der Waals surface area contributed by atoms with Crippen molar-refractivity contribution in [3.63, 3.8) is 0 Å². The third-order valence-corrected chi connectivity index (χ3v) is 2.97. The predicted octanol–water partition coefficient (Wildman–Crippen LogP) is 3.79. The Bertz CT molecular complexity index is 331. The lowest BCUT2D eigenvalue weighted by Crippen LogP contribution is -2.16. The fraction of sp³-hybridized carbons (Fsp3) is 0.750. The number of unbranched alkanes of at least 4 members (excludes halogenated alkanes) is 2. The third kappa shape index (κ3) is 7.31. The minimum Gasteiger partial charge on any atom is -0.462 e. The number of carbonyl (C=O) groups is 2. The standard InChI is InChI=1S/C16H28O4/c1-5-8-11-19-15(17)13(4)14(10-7-3)16(18)20-12-9-6-2/h5-12H2,1-4H3/b14-13-. The summed E-state index contributed by atoms with van der Waals surface area (Å²) < 4.78 is 10.3. The maximum Gasteiger partial charge on any atom is 0.334 e. The number of hydrogen-bond donors (Lipinski definition) is 0. The summed E-state index contributed by atoms with van der Waals surface area (Å²) in [4.78, 5) is 23.9. The molecule has 20 heavy (non-hydrogen) atoms. The van der Waals surface area contributed by atoms with E-state index in [-0.39, 0.29) is 5.97 Å². The Morgan fingerprint density at radius 3 is 1.75 bits per heavy atom. The molecular formula is C16H28O4. The molecule has 0 aliphatic heterocycles. The molecule has 0 unspecified atom stereocenters. The van der Waals surface area contributed by atoms with Crippen molar-refractivity contribution in [3.05, 3.63) is 11.1 Å². The quantitative estimate of drug-likeness (QED) is 0.348. The van der Waals surface area contributed by atoms with Crippen LogP contribution < -0.4 is 0 Å². The predicted molar refractivity (Wildman–Crippen MR) is 79.3 cm³/mol. The molecule has 0 heterocycles. The Morgan fingerprint density at radius 1 is 0.800 bits per heavy atom. The lowest BCUT2D eigenvalue weighted by Gasteiger charge is -2.11. The van der Waals surface area contributed by atoms with E-state index in [1.807, 2.05) is 20.8 Å². The molecule has 0 rings (SSSR count). The lowest BCUT2D eigenvalue weighted by molar-refractivity contribution is -0.142. The summed E-state index contributed by atoms with van der Waals surface area (Å²) in [6.45, 7) is 8.48. The van der Waals surface area contributed by atoms with E-state index < -0.39 is 5.97 Å². The maximum absolute atomic E-state index is 12.0. The van der Waals surface area contributed by atoms with Gasteiger partial charge in [0.15, 0.2) is 0 Å². The minimum atomic E-state index is -0.408. The summed E-state index contributed by atoms with van der Waals surface area (Å²) >= 11 is 0. The second kappa shape index (κ2) is 11.5. The van der Waals surface area contributed by atoms with Crippen LogP contribution >= 0.6 is 0 Å². The second-order valence-corrected chi connectivity index (χ2v) is 4.83. The van der Waals surface area contributed by atoms with Gasteiger partial charge in [0.05, 0.1) is 13.2 Å². The molecule has 0 saturated heterocycles. The first-order valence-electron chi connectivity index (χ1n) is 7.62. The molecule has 116 valence electrons. The molecule has 0 saturated carbocycles. The van der Waals surface area contributed by atoms with Crippen molar-refractivity contribution in [3.8, 4) is 0 Å². The van der Waals surface area contributed by atoms with Crippen LogP contribution in [-0.4, -0.2) is 25.2 Å². The highest BCUT2D eigenvalue weighted by molar-refractivity contribution is 5.99. The molecule has 0 N–H and O–H groups in total. The van der Waals surface area contributed by atoms with E-state index in [0.29, 0.717) is 30.8 Å². The van der Waals surface area contributed by atoms with Crippen molar-refractivity contribution in [2.24, 2.45) is 0 Å². The van der Waals surface area contributed by atoms with Gasteiger partial charge in [-0.1, -0.05) is 40.0 Å². The first-order chi connectivity index (χ1) is 9.58. The SMILES string of the molecule is CCCCOC(=O)/C(C)=C(/CCC)C(=O)OCCCC. The van der Waals surface area contributed by atoms with Crippen molar-refractivity contribution >= 4 is 11.9 Å². The van der Waals surface area contributed by atoms with Gasteiger partial charge in [0.2, 0.25) is 0 Å². The van der Waals surface area contributed by atoms with E-state index >= 15 is 0 Å². The van der Waals surface area contributed by atoms with Crippen molar-refractivity contribution in [2.45, 2.75) is 66.2 Å². The van der Waals surface area contributed by atoms with E-state index in [0.717, 1.165) is 32.1 Å². The molecule has 0 fully saturated rings. The topological polar surface area (TPSA) is 52.6 Å². The molecule has 0 amide bonds. The highest BCUT2D eigenvalue weighted by atomic mass is 16.5. The molecule has 0 bridgehead atoms. The van der Waals surface area contributed by atoms with Crippen LogP contribution in [0.15, 0.2) is 11.1 Å². The third-order valence-electron chi connectivity index (χ3n) is 2.97. The van der Waals surface area contributed by atoms with Gasteiger partial charge in [0, 0.05) is 11.1 Å². The maximum atomic E-state index is 12.0. The second-order valence-electron chi connectivity index (χ2n) is 4.83. The molecule has 0 aromatic rings. The van der Waals surface area contributed by atoms with E-state index in [1.165, 1.54) is 0 Å². The monoisotopic (exact) mass is 284 g/mol. The zero-order valence-corrected chi connectivity index (χ0v) is 13.3. The first kappa shape index (κ1) is 18.7. The number of esters is 2. The molecule has 4 heteroatoms. The van der Waals surface area contributed by atoms with Gasteiger partial charge >= 0.3 is 11.9 Å². The summed E-state index contributed by atoms with van der Waals surface area (Å²) in [7, 11) is 0. The molecule has 0 aromatic heterocycles. The lowest BCUT2D eigenvalue weighted by atomic mass is 10.0. The molecule has 0 aromatic carbocycles. The summed E-state index contributed by atoms with van der Waals surface area (Å²) in [5.41, 5.74) is 0.828. The summed E-state index contributed by atoms with van der Waals surface area (Å²) in [6.07, 6.45) is 4.95. The van der Waals surface area contributed by atoms with Gasteiger partial charge in [-0.2, -0.15) is 0 Å². The van der Waals surface area contributed by atoms with E-state index in [2.05, 4.69) is 0 Å². The summed E-state index contributed by atoms with van der Waals surface area (Å²) in [6, 6.07) is 0. The van der Waals surface area contributed by atoms with Crippen LogP contribution in [0.1, 0.15) is 66.2 Å². The van der Waals surface area contributed by atoms with Crippen LogP contribution in [0.4, 0.5) is 0 Å². The highest BCUT2D eigenvalue weighted by Crippen LogP contribution is 2.15. The van der Waals surface area contributed by atoms with Gasteiger partial charge in [0.1, 0.15) is 0 Å². The number of ether oxygens (including phenoxy) is 2. The Labute approximate surface area is 122 Å². The van der Waals surface area contributed by atoms with E-state index in [1.54, 1.807) is 6.92 Å². The van der Waals surface area contributed by atoms with Crippen molar-refractivity contribution in [1.82, 2.24) is 0 Å². The van der Waals surface area contributed by atoms with Gasteiger partial charge in [-0.15, -0.1) is 0 Å². The molecule has 0 aliphatic rings. The zero-order valence-electron chi connectivity index (χ0n) is 13.3. The molecule has 0 aliphatic carbocycles. The van der Waals surface area contributed by atoms with E-state index in [9.17, 15) is 9.59 Å². The zero-order chi connectivity index (χ0) is 15.4. The Hall–Kier alpha value is -1.32. The number of rotatable bonds is 10. The van der Waals surface area contributed by atoms with Gasteiger partial charge in [0.25, 0.3) is 0 Å². The van der Waals surface area contributed by atoms with Crippen LogP contribution in [0.5, 0.6) is 0 Å². The average Bonchev–Trinajstić information content (AvgIpc) is 2.44. The fourth-order valence-electron chi connectivity index (χ4n) is 1.63. The van der Waals surface area contributed by atoms with Gasteiger partial charge in [-0.3, -0.25) is 0 Å². The van der Waals surface area contributed by atoms with E-state index in [4.69, 9.17) is 9.47 Å². The molecular weight excluding hydrogens is 256 g/mol. The largest absolute Gasteiger partial charge is 0.462 e. The van der Waals surface area contributed by atoms with Gasteiger partial charge < -0.3 is 9.47 Å². The van der Waals surface area contributed by atoms with Crippen LogP contribution in [0, 0.1) is 0 Å². The molecule has 0 radical (unpaired) electrons. The molecule has 4 nitrogen and oxygen atoms in total. The normalized spacial score (nSPS) is 11.8. The Morgan fingerprint density at radius 2 is 1.30 bits per heavy atom. The van der Waals surface area contributed by atoms with Crippen molar-refractivity contribution < 1.29 is 19.1 Å². The number of carbonyl (C=O) groups excluding carboxylic acids is 2. The summed E-state index contributed by atoms with van der Waals surface area (Å²) in [5.74, 6) is -0.792. The van der Waals surface area contributed by atoms with Gasteiger partial charge in [-0.25, -0.2) is 9.59 Å². The fourth-order valence-corrected chi connectivity index (χ4v) is 1.63. The van der Waals surface area contributed by atoms with Gasteiger partial charge in [-0.05, 0) is 26.2 Å². The van der Waals surface area contributed by atoms with Crippen molar-refractivity contribution in [1.29, 1.82) is 0 Å². The first-order valence-corrected chi connectivity index (χ1v) is 7.62. The van der Waals surface area contributed by atoms with Crippen molar-refractivity contribution in [2.75, 3.05) is 13.2 Å². The highest BCUT2D eigenvalue weighted by Gasteiger charge is 2.19. The Balaban J connectivity index is 4.68. The molecule has 0 atom stereocenters. The average molecular weight is 284 g/mol. The Kier molecular flexibility index (Phi) is 10.7. The van der Waals surface area contributed by atoms with Crippen LogP contribution in [0.25, 0.3) is 0 Å². The van der Waals surface area contributed by atoms with Crippen LogP contribution in [0.2, 0.25) is 0 Å². The van der Waals surface area contributed by atoms with Crippen LogP contribution in [0.3, 0.4) is 0 Å². The smallest absolute Gasteiger partial charge is 0.334 e. The molecule has 0 spiro atoms. The number of hydrogen-bond acceptors (Lipinski definition) is 4.